The number of nitrogens with zero attached hydrogens (tertiary/aromatic N) is 2. The predicted octanol–water partition coefficient (Wildman–Crippen LogP) is 2.52. The smallest absolute Gasteiger partial charge is 0.307 e. The van der Waals surface area contributed by atoms with Crippen LogP contribution in [0, 0.1) is 11.8 Å². The van der Waals surface area contributed by atoms with E-state index in [1.807, 2.05) is 18.2 Å². The summed E-state index contributed by atoms with van der Waals surface area (Å²) in [4.78, 5) is 28.7. The summed E-state index contributed by atoms with van der Waals surface area (Å²) < 4.78 is 7.11. The molecule has 0 N–H and O–H groups in total. The van der Waals surface area contributed by atoms with Gasteiger partial charge in [-0.1, -0.05) is 12.1 Å². The summed E-state index contributed by atoms with van der Waals surface area (Å²) >= 11 is 0. The van der Waals surface area contributed by atoms with Crippen LogP contribution in [0.2, 0.25) is 0 Å². The molecule has 0 saturated heterocycles. The molecule has 2 aromatic rings. The van der Waals surface area contributed by atoms with Crippen molar-refractivity contribution in [2.24, 2.45) is 11.8 Å². The van der Waals surface area contributed by atoms with Crippen molar-refractivity contribution in [3.63, 3.8) is 0 Å². The second-order valence-corrected chi connectivity index (χ2v) is 6.71. The van der Waals surface area contributed by atoms with Gasteiger partial charge in [0.1, 0.15) is 6.10 Å². The van der Waals surface area contributed by atoms with E-state index in [9.17, 15) is 9.59 Å². The van der Waals surface area contributed by atoms with Crippen molar-refractivity contribution in [1.29, 1.82) is 0 Å². The molecule has 3 atom stereocenters. The summed E-state index contributed by atoms with van der Waals surface area (Å²) in [7, 11) is 0. The van der Waals surface area contributed by atoms with Gasteiger partial charge in [-0.2, -0.15) is 0 Å². The number of aryl methyl sites for hydroxylation is 1. The number of esters is 1. The normalized spacial score (nSPS) is 25.8. The Morgan fingerprint density at radius 1 is 1.26 bits per heavy atom. The minimum atomic E-state index is -0.206. The van der Waals surface area contributed by atoms with Gasteiger partial charge in [0.25, 0.3) is 5.56 Å². The fourth-order valence-electron chi connectivity index (χ4n) is 4.04. The van der Waals surface area contributed by atoms with E-state index >= 15 is 0 Å². The molecule has 2 fully saturated rings. The Bertz CT molecular complexity index is 798. The molecule has 1 aromatic heterocycles. The molecular weight excluding hydrogens is 292 g/mol. The van der Waals surface area contributed by atoms with E-state index in [1.54, 1.807) is 6.07 Å². The van der Waals surface area contributed by atoms with E-state index in [-0.39, 0.29) is 24.1 Å². The number of ether oxygens (including phenoxy) is 1. The number of carbonyl (C=O) groups excluding carboxylic acids is 1. The molecule has 23 heavy (non-hydrogen) atoms. The van der Waals surface area contributed by atoms with Gasteiger partial charge in [-0.15, -0.1) is 0 Å². The molecule has 0 amide bonds. The van der Waals surface area contributed by atoms with Gasteiger partial charge in [0.2, 0.25) is 0 Å². The van der Waals surface area contributed by atoms with Crippen LogP contribution in [-0.2, 0) is 16.1 Å². The number of benzene rings is 1. The zero-order valence-electron chi connectivity index (χ0n) is 13.0. The zero-order chi connectivity index (χ0) is 15.8. The van der Waals surface area contributed by atoms with Crippen LogP contribution in [0.25, 0.3) is 10.9 Å². The lowest BCUT2D eigenvalue weighted by atomic mass is 9.98. The summed E-state index contributed by atoms with van der Waals surface area (Å²) in [5.41, 5.74) is 0.571. The Morgan fingerprint density at radius 3 is 2.91 bits per heavy atom. The van der Waals surface area contributed by atoms with Crippen molar-refractivity contribution in [2.45, 2.75) is 44.8 Å². The largest absolute Gasteiger partial charge is 0.462 e. The van der Waals surface area contributed by atoms with Crippen LogP contribution in [0.1, 0.15) is 32.1 Å². The first-order chi connectivity index (χ1) is 11.2. The third kappa shape index (κ3) is 2.76. The van der Waals surface area contributed by atoms with Crippen LogP contribution in [0.3, 0.4) is 0 Å². The molecule has 1 heterocycles. The number of hydrogen-bond acceptors (Lipinski definition) is 4. The second-order valence-electron chi connectivity index (χ2n) is 6.71. The van der Waals surface area contributed by atoms with Crippen LogP contribution < -0.4 is 5.56 Å². The Kier molecular flexibility index (Phi) is 3.63. The van der Waals surface area contributed by atoms with Crippen molar-refractivity contribution in [3.05, 3.63) is 40.9 Å². The van der Waals surface area contributed by atoms with E-state index in [2.05, 4.69) is 4.98 Å². The van der Waals surface area contributed by atoms with Gasteiger partial charge in [-0.05, 0) is 49.7 Å². The number of aromatic nitrogens is 2. The van der Waals surface area contributed by atoms with Gasteiger partial charge in [-0.3, -0.25) is 14.2 Å². The van der Waals surface area contributed by atoms with Gasteiger partial charge >= 0.3 is 5.97 Å². The molecule has 2 aliphatic rings. The Morgan fingerprint density at radius 2 is 2.13 bits per heavy atom. The van der Waals surface area contributed by atoms with Crippen molar-refractivity contribution in [1.82, 2.24) is 9.55 Å². The highest BCUT2D eigenvalue weighted by Gasteiger charge is 2.41. The van der Waals surface area contributed by atoms with E-state index in [0.29, 0.717) is 23.4 Å². The summed E-state index contributed by atoms with van der Waals surface area (Å²) in [6.45, 7) is 0.316. The SMILES string of the molecule is O=C(CCn1cnc2ccccc2c1=O)OC1CC2CCC1C2. The molecule has 0 radical (unpaired) electrons. The molecule has 120 valence electrons. The lowest BCUT2D eigenvalue weighted by Gasteiger charge is -2.21. The van der Waals surface area contributed by atoms with E-state index in [1.165, 1.54) is 30.2 Å². The Labute approximate surface area is 134 Å². The van der Waals surface area contributed by atoms with Crippen LogP contribution in [0.5, 0.6) is 0 Å². The minimum Gasteiger partial charge on any atom is -0.462 e. The van der Waals surface area contributed by atoms with E-state index in [0.717, 1.165) is 12.3 Å². The highest BCUT2D eigenvalue weighted by Crippen LogP contribution is 2.45. The first-order valence-electron chi connectivity index (χ1n) is 8.34. The van der Waals surface area contributed by atoms with Crippen molar-refractivity contribution < 1.29 is 9.53 Å². The van der Waals surface area contributed by atoms with Crippen LogP contribution in [-0.4, -0.2) is 21.6 Å². The van der Waals surface area contributed by atoms with Crippen molar-refractivity contribution in [2.75, 3.05) is 0 Å². The number of para-hydroxylation sites is 1. The lowest BCUT2D eigenvalue weighted by molar-refractivity contribution is -0.151. The average Bonchev–Trinajstić information content (AvgIpc) is 3.17. The maximum Gasteiger partial charge on any atom is 0.307 e. The number of rotatable bonds is 4. The van der Waals surface area contributed by atoms with Gasteiger partial charge in [0.05, 0.1) is 23.7 Å². The molecule has 2 bridgehead atoms. The lowest BCUT2D eigenvalue weighted by Crippen LogP contribution is -2.26. The highest BCUT2D eigenvalue weighted by atomic mass is 16.5. The third-order valence-corrected chi connectivity index (χ3v) is 5.24. The molecule has 2 aliphatic carbocycles. The Balaban J connectivity index is 1.40. The first kappa shape index (κ1) is 14.4. The molecule has 1 aromatic carbocycles. The van der Waals surface area contributed by atoms with Gasteiger partial charge in [-0.25, -0.2) is 4.98 Å². The summed E-state index contributed by atoms with van der Waals surface area (Å²) in [5.74, 6) is 1.11. The number of carbonyl (C=O) groups is 1. The quantitative estimate of drug-likeness (QED) is 0.814. The van der Waals surface area contributed by atoms with Crippen LogP contribution in [0.4, 0.5) is 0 Å². The highest BCUT2D eigenvalue weighted by molar-refractivity contribution is 5.77. The summed E-state index contributed by atoms with van der Waals surface area (Å²) in [6, 6.07) is 7.24. The monoisotopic (exact) mass is 312 g/mol. The molecular formula is C18H20N2O3. The summed E-state index contributed by atoms with van der Waals surface area (Å²) in [6.07, 6.45) is 6.55. The van der Waals surface area contributed by atoms with Gasteiger partial charge in [0, 0.05) is 6.54 Å². The van der Waals surface area contributed by atoms with E-state index in [4.69, 9.17) is 4.74 Å². The summed E-state index contributed by atoms with van der Waals surface area (Å²) in [5, 5.41) is 0.580. The molecule has 5 nitrogen and oxygen atoms in total. The van der Waals surface area contributed by atoms with Crippen LogP contribution >= 0.6 is 0 Å². The van der Waals surface area contributed by atoms with E-state index < -0.39 is 0 Å². The standard InChI is InChI=1S/C18H20N2O3/c21-17(23-16-10-12-5-6-13(16)9-12)7-8-20-11-19-15-4-2-1-3-14(15)18(20)22/h1-4,11-13,16H,5-10H2. The topological polar surface area (TPSA) is 61.2 Å². The third-order valence-electron chi connectivity index (χ3n) is 5.24. The second kappa shape index (κ2) is 5.80. The zero-order valence-corrected chi connectivity index (χ0v) is 13.0. The van der Waals surface area contributed by atoms with Crippen LogP contribution in [0.15, 0.2) is 35.4 Å². The number of fused-ring (bicyclic) bond motifs is 3. The van der Waals surface area contributed by atoms with Crippen molar-refractivity contribution in [3.8, 4) is 0 Å². The van der Waals surface area contributed by atoms with Gasteiger partial charge < -0.3 is 4.74 Å². The predicted molar refractivity (Wildman–Crippen MR) is 85.9 cm³/mol. The molecule has 0 aliphatic heterocycles. The fourth-order valence-corrected chi connectivity index (χ4v) is 4.04. The van der Waals surface area contributed by atoms with Crippen molar-refractivity contribution >= 4 is 16.9 Å². The fraction of sp³-hybridized carbons (Fsp3) is 0.500. The maximum absolute atomic E-state index is 12.4. The Hall–Kier alpha value is -2.17. The maximum atomic E-state index is 12.4. The molecule has 3 unspecified atom stereocenters. The molecule has 5 heteroatoms. The van der Waals surface area contributed by atoms with Gasteiger partial charge in [0.15, 0.2) is 0 Å². The minimum absolute atomic E-state index is 0.104. The number of hydrogen-bond donors (Lipinski definition) is 0. The molecule has 0 spiro atoms. The molecule has 2 saturated carbocycles. The molecule has 4 rings (SSSR count). The first-order valence-corrected chi connectivity index (χ1v) is 8.34. The average molecular weight is 312 g/mol.